The zero-order chi connectivity index (χ0) is 9.97. The van der Waals surface area contributed by atoms with E-state index in [1.54, 1.807) is 18.2 Å². The lowest BCUT2D eigenvalue weighted by atomic mass is 10.2. The first kappa shape index (κ1) is 8.45. The molecule has 4 nitrogen and oxygen atoms in total. The van der Waals surface area contributed by atoms with Crippen molar-refractivity contribution in [3.8, 4) is 17.7 Å². The van der Waals surface area contributed by atoms with Crippen LogP contribution in [-0.2, 0) is 4.79 Å². The highest BCUT2D eigenvalue weighted by molar-refractivity contribution is 5.95. The van der Waals surface area contributed by atoms with E-state index in [1.807, 2.05) is 0 Å². The van der Waals surface area contributed by atoms with Crippen molar-refractivity contribution in [1.82, 2.24) is 0 Å². The van der Waals surface area contributed by atoms with E-state index in [2.05, 4.69) is 17.3 Å². The maximum absolute atomic E-state index is 11.0. The monoisotopic (exact) mass is 188 g/mol. The number of hydrogen-bond donors (Lipinski definition) is 2. The van der Waals surface area contributed by atoms with Crippen LogP contribution in [-0.4, -0.2) is 12.5 Å². The fourth-order valence-corrected chi connectivity index (χ4v) is 1.24. The first-order valence-electron chi connectivity index (χ1n) is 4.08. The van der Waals surface area contributed by atoms with Crippen molar-refractivity contribution < 1.29 is 9.53 Å². The Hall–Kier alpha value is -2.15. The molecule has 1 amide bonds. The predicted molar refractivity (Wildman–Crippen MR) is 51.6 cm³/mol. The van der Waals surface area contributed by atoms with Crippen LogP contribution in [0.25, 0.3) is 0 Å². The maximum atomic E-state index is 11.0. The Morgan fingerprint density at radius 2 is 2.36 bits per heavy atom. The summed E-state index contributed by atoms with van der Waals surface area (Å²) in [7, 11) is 0. The molecule has 1 aromatic rings. The van der Waals surface area contributed by atoms with Gasteiger partial charge in [0.05, 0.1) is 5.69 Å². The van der Waals surface area contributed by atoms with Crippen LogP contribution >= 0.6 is 0 Å². The molecule has 14 heavy (non-hydrogen) atoms. The van der Waals surface area contributed by atoms with Crippen LogP contribution in [0.5, 0.6) is 5.75 Å². The average Bonchev–Trinajstić information content (AvgIpc) is 2.19. The van der Waals surface area contributed by atoms with Gasteiger partial charge in [0.15, 0.2) is 6.61 Å². The Labute approximate surface area is 81.0 Å². The molecule has 0 fully saturated rings. The zero-order valence-electron chi connectivity index (χ0n) is 7.33. The Bertz CT molecular complexity index is 443. The molecular weight excluding hydrogens is 180 g/mol. The van der Waals surface area contributed by atoms with Gasteiger partial charge in [0.1, 0.15) is 5.75 Å². The molecule has 2 rings (SSSR count). The smallest absolute Gasteiger partial charge is 0.262 e. The van der Waals surface area contributed by atoms with Crippen LogP contribution in [0, 0.1) is 12.0 Å². The van der Waals surface area contributed by atoms with Gasteiger partial charge in [0.2, 0.25) is 0 Å². The van der Waals surface area contributed by atoms with Gasteiger partial charge in [0, 0.05) is 11.6 Å². The van der Waals surface area contributed by atoms with Gasteiger partial charge in [-0.25, -0.2) is 0 Å². The Balaban J connectivity index is 2.39. The predicted octanol–water partition coefficient (Wildman–Crippen LogP) is 0.285. The third kappa shape index (κ3) is 1.48. The molecule has 0 saturated heterocycles. The Morgan fingerprint density at radius 3 is 3.14 bits per heavy atom. The van der Waals surface area contributed by atoms with Crippen molar-refractivity contribution in [2.75, 3.05) is 11.9 Å². The highest BCUT2D eigenvalue weighted by atomic mass is 16.5. The van der Waals surface area contributed by atoms with E-state index < -0.39 is 0 Å². The largest absolute Gasteiger partial charge is 0.482 e. The van der Waals surface area contributed by atoms with Gasteiger partial charge >= 0.3 is 0 Å². The topological polar surface area (TPSA) is 64.3 Å². The quantitative estimate of drug-likeness (QED) is 0.454. The van der Waals surface area contributed by atoms with E-state index in [0.717, 1.165) is 5.56 Å². The van der Waals surface area contributed by atoms with Crippen LogP contribution in [0.3, 0.4) is 0 Å². The second kappa shape index (κ2) is 3.30. The number of anilines is 1. The second-order valence-electron chi connectivity index (χ2n) is 2.82. The molecule has 1 aromatic carbocycles. The van der Waals surface area contributed by atoms with Crippen molar-refractivity contribution in [3.63, 3.8) is 0 Å². The van der Waals surface area contributed by atoms with Gasteiger partial charge in [-0.05, 0) is 24.1 Å². The summed E-state index contributed by atoms with van der Waals surface area (Å²) in [6.07, 6.45) is 0. The number of nitrogens with one attached hydrogen (secondary N) is 1. The van der Waals surface area contributed by atoms with Crippen molar-refractivity contribution in [2.24, 2.45) is 5.73 Å². The minimum absolute atomic E-state index is 0.0481. The van der Waals surface area contributed by atoms with Crippen LogP contribution in [0.4, 0.5) is 5.69 Å². The molecule has 0 bridgehead atoms. The summed E-state index contributed by atoms with van der Waals surface area (Å²) in [6.45, 7) is 0.0481. The number of ether oxygens (including phenoxy) is 1. The summed E-state index contributed by atoms with van der Waals surface area (Å²) in [5, 5.41) is 2.69. The molecule has 3 N–H and O–H groups in total. The van der Waals surface area contributed by atoms with Gasteiger partial charge < -0.3 is 15.8 Å². The summed E-state index contributed by atoms with van der Waals surface area (Å²) in [5.74, 6) is 3.19. The number of rotatable bonds is 0. The number of carbonyl (C=O) groups excluding carboxylic acids is 1. The van der Waals surface area contributed by atoms with E-state index in [-0.39, 0.29) is 12.5 Å². The summed E-state index contributed by atoms with van der Waals surface area (Å²) in [5.41, 5.74) is 6.52. The summed E-state index contributed by atoms with van der Waals surface area (Å²) < 4.78 is 5.20. The normalized spacial score (nSPS) is 13.0. The minimum atomic E-state index is -0.143. The van der Waals surface area contributed by atoms with Gasteiger partial charge in [-0.15, -0.1) is 0 Å². The van der Waals surface area contributed by atoms with Gasteiger partial charge in [-0.3, -0.25) is 4.79 Å². The highest BCUT2D eigenvalue weighted by Crippen LogP contribution is 2.27. The molecule has 0 radical (unpaired) electrons. The van der Waals surface area contributed by atoms with Gasteiger partial charge in [-0.1, -0.05) is 0 Å². The molecule has 0 saturated carbocycles. The van der Waals surface area contributed by atoms with Crippen molar-refractivity contribution in [2.45, 2.75) is 0 Å². The second-order valence-corrected chi connectivity index (χ2v) is 2.82. The molecule has 1 aliphatic heterocycles. The molecule has 4 heteroatoms. The molecule has 70 valence electrons. The first-order valence-corrected chi connectivity index (χ1v) is 4.08. The lowest BCUT2D eigenvalue weighted by molar-refractivity contribution is -0.118. The fraction of sp³-hybridized carbons (Fsp3) is 0.100. The SMILES string of the molecule is NC#Cc1ccc2c(c1)OCC(=O)N2. The molecule has 0 aromatic heterocycles. The summed E-state index contributed by atoms with van der Waals surface area (Å²) >= 11 is 0. The fourth-order valence-electron chi connectivity index (χ4n) is 1.24. The van der Waals surface area contributed by atoms with Crippen LogP contribution < -0.4 is 15.8 Å². The number of nitrogens with two attached hydrogens (primary N) is 1. The number of fused-ring (bicyclic) bond motifs is 1. The van der Waals surface area contributed by atoms with E-state index in [0.29, 0.717) is 11.4 Å². The Morgan fingerprint density at radius 1 is 1.50 bits per heavy atom. The zero-order valence-corrected chi connectivity index (χ0v) is 7.33. The third-order valence-corrected chi connectivity index (χ3v) is 1.83. The molecule has 0 spiro atoms. The van der Waals surface area contributed by atoms with Crippen molar-refractivity contribution >= 4 is 11.6 Å². The molecule has 1 heterocycles. The van der Waals surface area contributed by atoms with E-state index in [9.17, 15) is 4.79 Å². The maximum Gasteiger partial charge on any atom is 0.262 e. The molecule has 0 unspecified atom stereocenters. The first-order chi connectivity index (χ1) is 6.79. The van der Waals surface area contributed by atoms with Crippen LogP contribution in [0.15, 0.2) is 18.2 Å². The number of hydrogen-bond acceptors (Lipinski definition) is 3. The Kier molecular flexibility index (Phi) is 1.99. The molecule has 0 atom stereocenters. The number of benzene rings is 1. The van der Waals surface area contributed by atoms with Crippen molar-refractivity contribution in [1.29, 1.82) is 0 Å². The molecule has 0 aliphatic carbocycles. The molecular formula is C10H8N2O2. The van der Waals surface area contributed by atoms with Gasteiger partial charge in [-0.2, -0.15) is 0 Å². The highest BCUT2D eigenvalue weighted by Gasteiger charge is 2.15. The van der Waals surface area contributed by atoms with E-state index in [1.165, 1.54) is 0 Å². The van der Waals surface area contributed by atoms with E-state index >= 15 is 0 Å². The average molecular weight is 188 g/mol. The summed E-state index contributed by atoms with van der Waals surface area (Å²) in [6, 6.07) is 7.56. The van der Waals surface area contributed by atoms with Crippen molar-refractivity contribution in [3.05, 3.63) is 23.8 Å². The number of amides is 1. The standard InChI is InChI=1S/C10H8N2O2/c11-4-3-7-1-2-8-9(5-7)14-6-10(13)12-8/h1-2,5H,6,11H2,(H,12,13). The lowest BCUT2D eigenvalue weighted by Crippen LogP contribution is -2.25. The lowest BCUT2D eigenvalue weighted by Gasteiger charge is -2.17. The van der Waals surface area contributed by atoms with Crippen LogP contribution in [0.2, 0.25) is 0 Å². The van der Waals surface area contributed by atoms with Crippen LogP contribution in [0.1, 0.15) is 5.56 Å². The number of carbonyl (C=O) groups is 1. The third-order valence-electron chi connectivity index (χ3n) is 1.83. The van der Waals surface area contributed by atoms with Gasteiger partial charge in [0.25, 0.3) is 5.91 Å². The summed E-state index contributed by atoms with van der Waals surface area (Å²) in [4.78, 5) is 11.0. The van der Waals surface area contributed by atoms with E-state index in [4.69, 9.17) is 10.5 Å². The molecule has 1 aliphatic rings. The minimum Gasteiger partial charge on any atom is -0.482 e.